The smallest absolute Gasteiger partial charge is 0.387 e. The normalized spacial score (nSPS) is 12.4. The molecule has 0 radical (unpaired) electrons. The molecule has 0 aliphatic carbocycles. The van der Waals surface area contributed by atoms with E-state index in [1.807, 2.05) is 0 Å². The Morgan fingerprint density at radius 1 is 1.42 bits per heavy atom. The number of hydrogen-bond donors (Lipinski definition) is 1. The second-order valence-electron chi connectivity index (χ2n) is 5.73. The largest absolute Gasteiger partial charge is 0.506 e. The molecule has 0 saturated heterocycles. The summed E-state index contributed by atoms with van der Waals surface area (Å²) in [5, 5.41) is 30.4. The Kier molecular flexibility index (Phi) is 5.58. The average Bonchev–Trinajstić information content (AvgIpc) is 2.45. The summed E-state index contributed by atoms with van der Waals surface area (Å²) in [6.07, 6.45) is 0. The lowest BCUT2D eigenvalue weighted by atomic mass is 9.85. The van der Waals surface area contributed by atoms with Gasteiger partial charge in [0.2, 0.25) is 0 Å². The fourth-order valence-electron chi connectivity index (χ4n) is 1.76. The maximum Gasteiger partial charge on any atom is 0.387 e. The minimum absolute atomic E-state index is 0.448. The molecule has 128 valence electrons. The number of nitro benzene ring substituents is 1. The zero-order valence-corrected chi connectivity index (χ0v) is 13.0. The summed E-state index contributed by atoms with van der Waals surface area (Å²) in [6, 6.07) is 4.09. The van der Waals surface area contributed by atoms with Crippen LogP contribution in [0.15, 0.2) is 23.8 Å². The summed E-state index contributed by atoms with van der Waals surface area (Å²) >= 11 is 0. The summed E-state index contributed by atoms with van der Waals surface area (Å²) in [7, 11) is 0. The van der Waals surface area contributed by atoms with Crippen LogP contribution < -0.4 is 4.74 Å². The Hall–Kier alpha value is -3.02. The van der Waals surface area contributed by atoms with Gasteiger partial charge in [0.25, 0.3) is 5.69 Å². The van der Waals surface area contributed by atoms with Crippen molar-refractivity contribution in [1.29, 1.82) is 5.26 Å². The second kappa shape index (κ2) is 7.04. The maximum atomic E-state index is 12.2. The summed E-state index contributed by atoms with van der Waals surface area (Å²) < 4.78 is 28.4. The number of benzene rings is 1. The predicted molar refractivity (Wildman–Crippen MR) is 79.4 cm³/mol. The van der Waals surface area contributed by atoms with Crippen molar-refractivity contribution in [2.24, 2.45) is 5.41 Å². The molecule has 1 aromatic rings. The van der Waals surface area contributed by atoms with Gasteiger partial charge in [0.15, 0.2) is 11.5 Å². The monoisotopic (exact) mass is 340 g/mol. The van der Waals surface area contributed by atoms with E-state index in [-0.39, 0.29) is 0 Å². The van der Waals surface area contributed by atoms with E-state index in [2.05, 4.69) is 4.74 Å². The topological polar surface area (TPSA) is 113 Å². The number of carbonyl (C=O) groups is 1. The van der Waals surface area contributed by atoms with Crippen molar-refractivity contribution in [2.75, 3.05) is 0 Å². The molecule has 0 saturated carbocycles. The first-order valence-electron chi connectivity index (χ1n) is 6.60. The van der Waals surface area contributed by atoms with Gasteiger partial charge in [-0.25, -0.2) is 0 Å². The van der Waals surface area contributed by atoms with Crippen LogP contribution in [-0.4, -0.2) is 22.4 Å². The van der Waals surface area contributed by atoms with E-state index in [0.717, 1.165) is 12.1 Å². The predicted octanol–water partition coefficient (Wildman–Crippen LogP) is 3.60. The van der Waals surface area contributed by atoms with Gasteiger partial charge in [0.05, 0.1) is 16.6 Å². The highest BCUT2D eigenvalue weighted by molar-refractivity contribution is 6.08. The lowest BCUT2D eigenvalue weighted by molar-refractivity contribution is -0.385. The van der Waals surface area contributed by atoms with Gasteiger partial charge < -0.3 is 9.84 Å². The van der Waals surface area contributed by atoms with Gasteiger partial charge in [-0.05, 0) is 12.1 Å². The molecule has 1 N–H and O–H groups in total. The number of Topliss-reactive ketones (excluding diaryl/α,β-unsaturated/α-hetero) is 1. The van der Waals surface area contributed by atoms with Crippen molar-refractivity contribution in [3.63, 3.8) is 0 Å². The van der Waals surface area contributed by atoms with Crippen LogP contribution in [0.2, 0.25) is 0 Å². The third-order valence-electron chi connectivity index (χ3n) is 2.90. The molecule has 0 amide bonds. The molecular weight excluding hydrogens is 326 g/mol. The van der Waals surface area contributed by atoms with Crippen LogP contribution in [0.3, 0.4) is 0 Å². The molecule has 0 fully saturated rings. The highest BCUT2D eigenvalue weighted by Crippen LogP contribution is 2.33. The number of nitrogens with zero attached hydrogens (tertiary/aromatic N) is 2. The number of hydrogen-bond acceptors (Lipinski definition) is 6. The summed E-state index contributed by atoms with van der Waals surface area (Å²) in [5.74, 6) is -2.11. The molecule has 0 spiro atoms. The number of alkyl halides is 2. The fourth-order valence-corrected chi connectivity index (χ4v) is 1.76. The Morgan fingerprint density at radius 2 is 2.00 bits per heavy atom. The first kappa shape index (κ1) is 19.0. The van der Waals surface area contributed by atoms with Gasteiger partial charge in [-0.15, -0.1) is 0 Å². The van der Waals surface area contributed by atoms with Gasteiger partial charge in [-0.3, -0.25) is 14.9 Å². The van der Waals surface area contributed by atoms with E-state index in [9.17, 15) is 28.8 Å². The molecule has 0 unspecified atom stereocenters. The highest BCUT2D eigenvalue weighted by atomic mass is 19.3. The Balaban J connectivity index is 3.54. The van der Waals surface area contributed by atoms with E-state index < -0.39 is 51.1 Å². The van der Waals surface area contributed by atoms with E-state index in [0.29, 0.717) is 6.07 Å². The van der Waals surface area contributed by atoms with Gasteiger partial charge in [-0.1, -0.05) is 20.8 Å². The molecule has 24 heavy (non-hydrogen) atoms. The maximum absolute atomic E-state index is 12.2. The van der Waals surface area contributed by atoms with Crippen LogP contribution in [0, 0.1) is 26.9 Å². The molecule has 0 heterocycles. The van der Waals surface area contributed by atoms with Gasteiger partial charge in [0.1, 0.15) is 17.4 Å². The number of ether oxygens (including phenoxy) is 1. The van der Waals surface area contributed by atoms with Crippen molar-refractivity contribution >= 4 is 17.2 Å². The molecule has 0 atom stereocenters. The number of ketones is 1. The fraction of sp³-hybridized carbons (Fsp3) is 0.333. The second-order valence-corrected chi connectivity index (χ2v) is 5.73. The van der Waals surface area contributed by atoms with E-state index in [1.165, 1.54) is 26.8 Å². The van der Waals surface area contributed by atoms with Crippen LogP contribution in [-0.2, 0) is 4.79 Å². The first-order chi connectivity index (χ1) is 11.0. The van der Waals surface area contributed by atoms with Crippen LogP contribution in [0.4, 0.5) is 14.5 Å². The van der Waals surface area contributed by atoms with E-state index in [1.54, 1.807) is 0 Å². The van der Waals surface area contributed by atoms with Crippen LogP contribution >= 0.6 is 0 Å². The number of aliphatic hydroxyl groups excluding tert-OH is 1. The van der Waals surface area contributed by atoms with Crippen LogP contribution in [0.1, 0.15) is 26.3 Å². The van der Waals surface area contributed by atoms with Gasteiger partial charge in [-0.2, -0.15) is 14.0 Å². The minimum atomic E-state index is -3.18. The van der Waals surface area contributed by atoms with Crippen molar-refractivity contribution in [2.45, 2.75) is 27.4 Å². The highest BCUT2D eigenvalue weighted by Gasteiger charge is 2.30. The van der Waals surface area contributed by atoms with Crippen LogP contribution in [0.5, 0.6) is 5.75 Å². The lowest BCUT2D eigenvalue weighted by Crippen LogP contribution is -2.22. The molecule has 0 bridgehead atoms. The van der Waals surface area contributed by atoms with Crippen molar-refractivity contribution in [1.82, 2.24) is 0 Å². The van der Waals surface area contributed by atoms with Crippen molar-refractivity contribution in [3.8, 4) is 11.8 Å². The number of allylic oxidation sites excluding steroid dienone is 1. The Bertz CT molecular complexity index is 745. The number of halogens is 2. The third-order valence-corrected chi connectivity index (χ3v) is 2.90. The van der Waals surface area contributed by atoms with Crippen molar-refractivity contribution < 1.29 is 28.3 Å². The van der Waals surface area contributed by atoms with Gasteiger partial charge >= 0.3 is 6.61 Å². The van der Waals surface area contributed by atoms with E-state index in [4.69, 9.17) is 5.26 Å². The standard InChI is InChI=1S/C15H14F2N2O5/c1-15(2,3)13(21)10(7-18)12(20)9-5-4-8(24-14(16)17)6-11(9)19(22)23/h4-6,14,20H,1-3H3/b12-10-. The van der Waals surface area contributed by atoms with Crippen molar-refractivity contribution in [3.05, 3.63) is 39.4 Å². The molecule has 0 aliphatic rings. The molecule has 0 aliphatic heterocycles. The minimum Gasteiger partial charge on any atom is -0.506 e. The zero-order valence-electron chi connectivity index (χ0n) is 13.0. The van der Waals surface area contributed by atoms with E-state index >= 15 is 0 Å². The number of carbonyl (C=O) groups excluding carboxylic acids is 1. The number of nitriles is 1. The molecule has 7 nitrogen and oxygen atoms in total. The number of aliphatic hydroxyl groups is 1. The molecule has 1 aromatic carbocycles. The Labute approximate surface area is 135 Å². The zero-order chi connectivity index (χ0) is 18.7. The molecule has 1 rings (SSSR count). The molecule has 0 aromatic heterocycles. The third kappa shape index (κ3) is 4.25. The SMILES string of the molecule is CC(C)(C)C(=O)/C(C#N)=C(\O)c1ccc(OC(F)F)cc1[N+](=O)[O-]. The summed E-state index contributed by atoms with van der Waals surface area (Å²) in [5.41, 5.74) is -2.89. The average molecular weight is 340 g/mol. The lowest BCUT2D eigenvalue weighted by Gasteiger charge is -2.16. The van der Waals surface area contributed by atoms with Gasteiger partial charge in [0, 0.05) is 5.41 Å². The first-order valence-corrected chi connectivity index (χ1v) is 6.60. The molecular formula is C15H14F2N2O5. The molecule has 9 heteroatoms. The quantitative estimate of drug-likeness (QED) is 0.288. The summed E-state index contributed by atoms with van der Waals surface area (Å²) in [6.45, 7) is 1.34. The Morgan fingerprint density at radius 3 is 2.42 bits per heavy atom. The number of rotatable bonds is 5. The number of nitro groups is 1. The van der Waals surface area contributed by atoms with Crippen LogP contribution in [0.25, 0.3) is 5.76 Å². The summed E-state index contributed by atoms with van der Waals surface area (Å²) in [4.78, 5) is 22.3.